The lowest BCUT2D eigenvalue weighted by Gasteiger charge is -2.04. The molecular weight excluding hydrogens is 155 g/mol. The van der Waals surface area contributed by atoms with Gasteiger partial charge < -0.3 is 4.57 Å². The number of hydrogen-bond acceptors (Lipinski definition) is 1. The molecule has 0 N–H and O–H groups in total. The number of hydrogen-bond donors (Lipinski definition) is 0. The smallest absolute Gasteiger partial charge is 0.129 e. The molecule has 0 fully saturated rings. The first-order valence-electron chi connectivity index (χ1n) is 4.13. The minimum Gasteiger partial charge on any atom is -0.315 e. The zero-order valence-electron chi connectivity index (χ0n) is 7.21. The maximum absolute atomic E-state index is 11.8. The van der Waals surface area contributed by atoms with Gasteiger partial charge in [0.1, 0.15) is 7.14 Å². The molecule has 0 aliphatic carbocycles. The van der Waals surface area contributed by atoms with Gasteiger partial charge in [0.25, 0.3) is 0 Å². The Kier molecular flexibility index (Phi) is 2.72. The first-order valence-corrected chi connectivity index (χ1v) is 6.16. The molecule has 0 aromatic carbocycles. The van der Waals surface area contributed by atoms with Crippen molar-refractivity contribution in [2.75, 3.05) is 6.16 Å². The molecule has 1 aliphatic rings. The molecule has 0 radical (unpaired) electrons. The van der Waals surface area contributed by atoms with Crippen LogP contribution in [0.2, 0.25) is 0 Å². The van der Waals surface area contributed by atoms with E-state index in [1.54, 1.807) is 0 Å². The summed E-state index contributed by atoms with van der Waals surface area (Å²) in [5.41, 5.74) is 1.16. The van der Waals surface area contributed by atoms with Crippen LogP contribution in [-0.2, 0) is 4.57 Å². The highest BCUT2D eigenvalue weighted by molar-refractivity contribution is 7.70. The fourth-order valence-electron chi connectivity index (χ4n) is 1.22. The molecule has 0 aromatic rings. The van der Waals surface area contributed by atoms with Crippen molar-refractivity contribution < 1.29 is 4.57 Å². The average molecular weight is 170 g/mol. The van der Waals surface area contributed by atoms with Gasteiger partial charge in [0.15, 0.2) is 0 Å². The molecule has 1 unspecified atom stereocenters. The lowest BCUT2D eigenvalue weighted by Crippen LogP contribution is -1.81. The fourth-order valence-corrected chi connectivity index (χ4v) is 3.66. The Balaban J connectivity index is 2.58. The van der Waals surface area contributed by atoms with Crippen LogP contribution in [0.5, 0.6) is 0 Å². The molecule has 1 aliphatic heterocycles. The summed E-state index contributed by atoms with van der Waals surface area (Å²) < 4.78 is 11.8. The number of unbranched alkanes of at least 4 members (excludes halogenated alkanes) is 1. The van der Waals surface area contributed by atoms with Gasteiger partial charge in [-0.25, -0.2) is 0 Å². The van der Waals surface area contributed by atoms with E-state index in [-0.39, 0.29) is 0 Å². The standard InChI is InChI=1S/C9H15OP/c1-3-4-6-11(10)7-5-9(2)8-11/h5,7-8H,3-4,6H2,1-2H3. The third-order valence-electron chi connectivity index (χ3n) is 1.87. The molecule has 2 heteroatoms. The Morgan fingerprint density at radius 2 is 2.27 bits per heavy atom. The van der Waals surface area contributed by atoms with E-state index in [2.05, 4.69) is 6.92 Å². The molecule has 62 valence electrons. The van der Waals surface area contributed by atoms with Crippen LogP contribution >= 0.6 is 7.14 Å². The summed E-state index contributed by atoms with van der Waals surface area (Å²) in [6, 6.07) is 0. The summed E-state index contributed by atoms with van der Waals surface area (Å²) in [6.07, 6.45) is 5.03. The van der Waals surface area contributed by atoms with E-state index in [0.717, 1.165) is 24.6 Å². The topological polar surface area (TPSA) is 17.1 Å². The van der Waals surface area contributed by atoms with Gasteiger partial charge in [-0.15, -0.1) is 0 Å². The van der Waals surface area contributed by atoms with Crippen molar-refractivity contribution in [3.63, 3.8) is 0 Å². The Bertz CT molecular complexity index is 238. The van der Waals surface area contributed by atoms with Gasteiger partial charge in [-0.3, -0.25) is 0 Å². The van der Waals surface area contributed by atoms with E-state index >= 15 is 0 Å². The third kappa shape index (κ3) is 2.34. The van der Waals surface area contributed by atoms with Crippen molar-refractivity contribution in [2.24, 2.45) is 0 Å². The Labute approximate surface area is 68.6 Å². The van der Waals surface area contributed by atoms with Gasteiger partial charge in [-0.1, -0.05) is 19.4 Å². The molecule has 0 saturated heterocycles. The SMILES string of the molecule is CCCCP1(=O)C=CC(C)=C1. The van der Waals surface area contributed by atoms with Crippen LogP contribution < -0.4 is 0 Å². The summed E-state index contributed by atoms with van der Waals surface area (Å²) in [4.78, 5) is 0. The van der Waals surface area contributed by atoms with Crippen molar-refractivity contribution in [1.29, 1.82) is 0 Å². The zero-order valence-corrected chi connectivity index (χ0v) is 8.10. The summed E-state index contributed by atoms with van der Waals surface area (Å²) >= 11 is 0. The second-order valence-corrected chi connectivity index (χ2v) is 5.83. The molecule has 0 amide bonds. The van der Waals surface area contributed by atoms with Crippen molar-refractivity contribution in [3.8, 4) is 0 Å². The second-order valence-electron chi connectivity index (χ2n) is 3.12. The minimum atomic E-state index is -1.99. The molecule has 1 rings (SSSR count). The molecular formula is C9H15OP. The van der Waals surface area contributed by atoms with E-state index in [9.17, 15) is 4.57 Å². The predicted molar refractivity (Wildman–Crippen MR) is 50.3 cm³/mol. The average Bonchev–Trinajstić information content (AvgIpc) is 2.28. The Hall–Kier alpha value is -0.290. The largest absolute Gasteiger partial charge is 0.315 e. The van der Waals surface area contributed by atoms with Crippen LogP contribution in [-0.4, -0.2) is 6.16 Å². The highest BCUT2D eigenvalue weighted by Crippen LogP contribution is 2.54. The quantitative estimate of drug-likeness (QED) is 0.591. The van der Waals surface area contributed by atoms with Gasteiger partial charge in [-0.05, 0) is 30.6 Å². The molecule has 0 saturated carbocycles. The molecule has 0 aromatic heterocycles. The van der Waals surface area contributed by atoms with E-state index in [1.165, 1.54) is 0 Å². The van der Waals surface area contributed by atoms with Crippen LogP contribution in [0.4, 0.5) is 0 Å². The second kappa shape index (κ2) is 3.40. The molecule has 1 nitrogen and oxygen atoms in total. The highest BCUT2D eigenvalue weighted by atomic mass is 31.2. The van der Waals surface area contributed by atoms with Crippen LogP contribution in [0.15, 0.2) is 23.3 Å². The number of rotatable bonds is 3. The molecule has 11 heavy (non-hydrogen) atoms. The highest BCUT2D eigenvalue weighted by Gasteiger charge is 2.17. The van der Waals surface area contributed by atoms with Crippen LogP contribution in [0, 0.1) is 0 Å². The van der Waals surface area contributed by atoms with Crippen LogP contribution in [0.3, 0.4) is 0 Å². The minimum absolute atomic E-state index is 0.858. The van der Waals surface area contributed by atoms with Gasteiger partial charge in [0.2, 0.25) is 0 Å². The van der Waals surface area contributed by atoms with Gasteiger partial charge >= 0.3 is 0 Å². The lowest BCUT2D eigenvalue weighted by atomic mass is 10.4. The molecule has 1 atom stereocenters. The maximum Gasteiger partial charge on any atom is 0.129 e. The molecule has 1 heterocycles. The first-order chi connectivity index (χ1) is 5.16. The van der Waals surface area contributed by atoms with E-state index in [1.807, 2.05) is 24.6 Å². The Morgan fingerprint density at radius 1 is 1.55 bits per heavy atom. The zero-order chi connectivity index (χ0) is 8.32. The van der Waals surface area contributed by atoms with E-state index in [0.29, 0.717) is 0 Å². The molecule has 0 spiro atoms. The van der Waals surface area contributed by atoms with Crippen LogP contribution in [0.25, 0.3) is 0 Å². The van der Waals surface area contributed by atoms with Crippen molar-refractivity contribution in [3.05, 3.63) is 23.3 Å². The van der Waals surface area contributed by atoms with Crippen molar-refractivity contribution >= 4 is 7.14 Å². The maximum atomic E-state index is 11.8. The van der Waals surface area contributed by atoms with Crippen molar-refractivity contribution in [1.82, 2.24) is 0 Å². The third-order valence-corrected chi connectivity index (χ3v) is 4.39. The normalized spacial score (nSPS) is 29.1. The summed E-state index contributed by atoms with van der Waals surface area (Å²) in [5, 5.41) is 0. The summed E-state index contributed by atoms with van der Waals surface area (Å²) in [7, 11) is -1.99. The Morgan fingerprint density at radius 3 is 2.73 bits per heavy atom. The van der Waals surface area contributed by atoms with Gasteiger partial charge in [0, 0.05) is 6.16 Å². The number of allylic oxidation sites excluding steroid dienone is 2. The van der Waals surface area contributed by atoms with Gasteiger partial charge in [0.05, 0.1) is 0 Å². The fraction of sp³-hybridized carbons (Fsp3) is 0.556. The predicted octanol–water partition coefficient (Wildman–Crippen LogP) is 3.58. The van der Waals surface area contributed by atoms with Gasteiger partial charge in [-0.2, -0.15) is 0 Å². The monoisotopic (exact) mass is 170 g/mol. The van der Waals surface area contributed by atoms with Crippen molar-refractivity contribution in [2.45, 2.75) is 26.7 Å². The van der Waals surface area contributed by atoms with E-state index < -0.39 is 7.14 Å². The summed E-state index contributed by atoms with van der Waals surface area (Å²) in [6.45, 7) is 4.13. The lowest BCUT2D eigenvalue weighted by molar-refractivity contribution is 0.584. The summed E-state index contributed by atoms with van der Waals surface area (Å²) in [5.74, 6) is 3.82. The van der Waals surface area contributed by atoms with E-state index in [4.69, 9.17) is 0 Å². The molecule has 0 bridgehead atoms. The first kappa shape index (κ1) is 8.80. The van der Waals surface area contributed by atoms with Crippen LogP contribution in [0.1, 0.15) is 26.7 Å².